The summed E-state index contributed by atoms with van der Waals surface area (Å²) in [5.41, 5.74) is 5.49. The van der Waals surface area contributed by atoms with Crippen molar-refractivity contribution >= 4 is 17.4 Å². The van der Waals surface area contributed by atoms with Crippen LogP contribution in [-0.4, -0.2) is 9.97 Å². The molecule has 1 aromatic heterocycles. The van der Waals surface area contributed by atoms with E-state index in [0.717, 1.165) is 0 Å². The van der Waals surface area contributed by atoms with Crippen molar-refractivity contribution < 1.29 is 9.13 Å². The van der Waals surface area contributed by atoms with Gasteiger partial charge in [-0.3, -0.25) is 0 Å². The van der Waals surface area contributed by atoms with Gasteiger partial charge in [0.25, 0.3) is 0 Å². The molecular formula is C14H15ClFN3O. The smallest absolute Gasteiger partial charge is 0.224 e. The quantitative estimate of drug-likeness (QED) is 0.911. The molecule has 0 aliphatic heterocycles. The van der Waals surface area contributed by atoms with Crippen molar-refractivity contribution in [2.75, 3.05) is 5.73 Å². The van der Waals surface area contributed by atoms with Crippen LogP contribution in [0.5, 0.6) is 11.6 Å². The lowest BCUT2D eigenvalue weighted by molar-refractivity contribution is 0.445. The molecule has 0 amide bonds. The molecule has 0 spiro atoms. The fraction of sp³-hybridized carbons (Fsp3) is 0.286. The summed E-state index contributed by atoms with van der Waals surface area (Å²) in [6, 6.07) is 5.58. The molecule has 0 aliphatic rings. The molecule has 1 aromatic carbocycles. The van der Waals surface area contributed by atoms with Crippen LogP contribution in [0, 0.1) is 5.82 Å². The van der Waals surface area contributed by atoms with Crippen LogP contribution >= 0.6 is 11.6 Å². The van der Waals surface area contributed by atoms with Gasteiger partial charge in [0, 0.05) is 17.5 Å². The van der Waals surface area contributed by atoms with Gasteiger partial charge >= 0.3 is 0 Å². The number of hydrogen-bond donors (Lipinski definition) is 1. The highest BCUT2D eigenvalue weighted by Crippen LogP contribution is 2.27. The Hall–Kier alpha value is -1.88. The van der Waals surface area contributed by atoms with Gasteiger partial charge in [0.1, 0.15) is 23.2 Å². The van der Waals surface area contributed by atoms with E-state index in [-0.39, 0.29) is 10.4 Å². The van der Waals surface area contributed by atoms with Crippen LogP contribution in [0.3, 0.4) is 0 Å². The van der Waals surface area contributed by atoms with E-state index in [1.807, 2.05) is 20.8 Å². The molecule has 0 aliphatic carbocycles. The average Bonchev–Trinajstić information content (AvgIpc) is 2.32. The molecule has 106 valence electrons. The second-order valence-electron chi connectivity index (χ2n) is 5.38. The normalized spacial score (nSPS) is 11.4. The molecule has 2 rings (SSSR count). The Labute approximate surface area is 121 Å². The highest BCUT2D eigenvalue weighted by Gasteiger charge is 2.19. The maximum absolute atomic E-state index is 13.1. The van der Waals surface area contributed by atoms with Gasteiger partial charge in [0.15, 0.2) is 0 Å². The maximum Gasteiger partial charge on any atom is 0.224 e. The third-order valence-electron chi connectivity index (χ3n) is 2.51. The standard InChI is InChI=1S/C14H15ClFN3O/c1-14(2,3)13-18-11(17)7-12(19-13)20-8-4-5-10(16)9(15)6-8/h4-7H,1-3H3,(H2,17,18,19). The zero-order valence-corrected chi connectivity index (χ0v) is 12.2. The van der Waals surface area contributed by atoms with Crippen molar-refractivity contribution in [2.24, 2.45) is 0 Å². The van der Waals surface area contributed by atoms with Crippen LogP contribution in [0.15, 0.2) is 24.3 Å². The molecule has 20 heavy (non-hydrogen) atoms. The molecule has 0 atom stereocenters. The highest BCUT2D eigenvalue weighted by molar-refractivity contribution is 6.30. The summed E-state index contributed by atoms with van der Waals surface area (Å²) in [5, 5.41) is -0.0134. The van der Waals surface area contributed by atoms with Crippen LogP contribution < -0.4 is 10.5 Å². The lowest BCUT2D eigenvalue weighted by atomic mass is 9.96. The number of nitrogen functional groups attached to an aromatic ring is 1. The van der Waals surface area contributed by atoms with Crippen molar-refractivity contribution in [3.05, 3.63) is 40.9 Å². The summed E-state index contributed by atoms with van der Waals surface area (Å²) in [6.45, 7) is 5.92. The monoisotopic (exact) mass is 295 g/mol. The summed E-state index contributed by atoms with van der Waals surface area (Å²) in [5.74, 6) is 1.06. The van der Waals surface area contributed by atoms with Gasteiger partial charge in [-0.1, -0.05) is 32.4 Å². The number of nitrogens with two attached hydrogens (primary N) is 1. The molecule has 0 saturated heterocycles. The number of aromatic nitrogens is 2. The van der Waals surface area contributed by atoms with Crippen LogP contribution in [0.1, 0.15) is 26.6 Å². The largest absolute Gasteiger partial charge is 0.439 e. The zero-order chi connectivity index (χ0) is 14.9. The van der Waals surface area contributed by atoms with Gasteiger partial charge in [-0.05, 0) is 12.1 Å². The minimum absolute atomic E-state index is 0.0134. The Morgan fingerprint density at radius 3 is 2.50 bits per heavy atom. The Morgan fingerprint density at radius 1 is 1.20 bits per heavy atom. The molecule has 6 heteroatoms. The summed E-state index contributed by atoms with van der Waals surface area (Å²) < 4.78 is 18.6. The van der Waals surface area contributed by atoms with E-state index in [2.05, 4.69) is 9.97 Å². The first kappa shape index (κ1) is 14.5. The predicted octanol–water partition coefficient (Wildman–Crippen LogP) is 3.94. The van der Waals surface area contributed by atoms with Crippen molar-refractivity contribution in [1.82, 2.24) is 9.97 Å². The van der Waals surface area contributed by atoms with Gasteiger partial charge in [-0.25, -0.2) is 9.37 Å². The molecular weight excluding hydrogens is 281 g/mol. The third kappa shape index (κ3) is 3.36. The number of rotatable bonds is 2. The van der Waals surface area contributed by atoms with E-state index in [1.165, 1.54) is 24.3 Å². The molecule has 0 bridgehead atoms. The molecule has 1 heterocycles. The van der Waals surface area contributed by atoms with E-state index in [4.69, 9.17) is 22.1 Å². The number of benzene rings is 1. The molecule has 0 radical (unpaired) electrons. The zero-order valence-electron chi connectivity index (χ0n) is 11.4. The van der Waals surface area contributed by atoms with Crippen molar-refractivity contribution in [2.45, 2.75) is 26.2 Å². The maximum atomic E-state index is 13.1. The molecule has 0 unspecified atom stereocenters. The molecule has 0 fully saturated rings. The second-order valence-corrected chi connectivity index (χ2v) is 5.79. The number of nitrogens with zero attached hydrogens (tertiary/aromatic N) is 2. The number of ether oxygens (including phenoxy) is 1. The minimum atomic E-state index is -0.503. The third-order valence-corrected chi connectivity index (χ3v) is 2.80. The van der Waals surface area contributed by atoms with Crippen LogP contribution in [0.4, 0.5) is 10.2 Å². The fourth-order valence-corrected chi connectivity index (χ4v) is 1.66. The van der Waals surface area contributed by atoms with Crippen LogP contribution in [0.2, 0.25) is 5.02 Å². The van der Waals surface area contributed by atoms with Gasteiger partial charge in [-0.15, -0.1) is 0 Å². The highest BCUT2D eigenvalue weighted by atomic mass is 35.5. The predicted molar refractivity (Wildman–Crippen MR) is 76.6 cm³/mol. The van der Waals surface area contributed by atoms with Crippen LogP contribution in [-0.2, 0) is 5.41 Å². The van der Waals surface area contributed by atoms with Gasteiger partial charge in [0.05, 0.1) is 5.02 Å². The van der Waals surface area contributed by atoms with Crippen LogP contribution in [0.25, 0.3) is 0 Å². The van der Waals surface area contributed by atoms with Crippen molar-refractivity contribution in [3.8, 4) is 11.6 Å². The minimum Gasteiger partial charge on any atom is -0.439 e. The van der Waals surface area contributed by atoms with Crippen molar-refractivity contribution in [1.29, 1.82) is 0 Å². The Balaban J connectivity index is 2.33. The number of anilines is 1. The van der Waals surface area contributed by atoms with E-state index >= 15 is 0 Å². The summed E-state index contributed by atoms with van der Waals surface area (Å²) in [4.78, 5) is 8.48. The van der Waals surface area contributed by atoms with E-state index < -0.39 is 5.82 Å². The number of halogens is 2. The summed E-state index contributed by atoms with van der Waals surface area (Å²) in [6.07, 6.45) is 0. The van der Waals surface area contributed by atoms with E-state index in [0.29, 0.717) is 23.3 Å². The van der Waals surface area contributed by atoms with Gasteiger partial charge in [0.2, 0.25) is 5.88 Å². The SMILES string of the molecule is CC(C)(C)c1nc(N)cc(Oc2ccc(F)c(Cl)c2)n1. The molecule has 2 N–H and O–H groups in total. The topological polar surface area (TPSA) is 61.0 Å². The fourth-order valence-electron chi connectivity index (χ4n) is 1.49. The Morgan fingerprint density at radius 2 is 1.90 bits per heavy atom. The first-order chi connectivity index (χ1) is 9.25. The first-order valence-corrected chi connectivity index (χ1v) is 6.41. The average molecular weight is 296 g/mol. The lowest BCUT2D eigenvalue weighted by Gasteiger charge is -2.17. The molecule has 2 aromatic rings. The summed E-state index contributed by atoms with van der Waals surface area (Å²) >= 11 is 5.70. The summed E-state index contributed by atoms with van der Waals surface area (Å²) in [7, 11) is 0. The van der Waals surface area contributed by atoms with E-state index in [9.17, 15) is 4.39 Å². The Kier molecular flexibility index (Phi) is 3.81. The lowest BCUT2D eigenvalue weighted by Crippen LogP contribution is -2.17. The number of hydrogen-bond acceptors (Lipinski definition) is 4. The van der Waals surface area contributed by atoms with E-state index in [1.54, 1.807) is 0 Å². The van der Waals surface area contributed by atoms with Gasteiger partial charge < -0.3 is 10.5 Å². The van der Waals surface area contributed by atoms with Crippen molar-refractivity contribution in [3.63, 3.8) is 0 Å². The molecule has 0 saturated carbocycles. The first-order valence-electron chi connectivity index (χ1n) is 6.03. The van der Waals surface area contributed by atoms with Gasteiger partial charge in [-0.2, -0.15) is 4.98 Å². The Bertz CT molecular complexity index is 641. The molecule has 4 nitrogen and oxygen atoms in total. The second kappa shape index (κ2) is 5.25.